The van der Waals surface area contributed by atoms with Crippen molar-refractivity contribution in [1.29, 1.82) is 0 Å². The van der Waals surface area contributed by atoms with Gasteiger partial charge in [0, 0.05) is 57.1 Å². The summed E-state index contributed by atoms with van der Waals surface area (Å²) in [5, 5.41) is 6.94. The molecule has 0 atom stereocenters. The molecule has 134 valence electrons. The molecule has 2 amide bonds. The summed E-state index contributed by atoms with van der Waals surface area (Å²) in [6.45, 7) is 9.02. The highest BCUT2D eigenvalue weighted by atomic mass is 16.2. The summed E-state index contributed by atoms with van der Waals surface area (Å²) in [4.78, 5) is 25.6. The van der Waals surface area contributed by atoms with E-state index in [4.69, 9.17) is 0 Å². The van der Waals surface area contributed by atoms with E-state index in [1.165, 1.54) is 0 Å². The highest BCUT2D eigenvalue weighted by Gasteiger charge is 2.23. The molecule has 0 aliphatic carbocycles. The molecular formula is C17H25N7O. The van der Waals surface area contributed by atoms with E-state index < -0.39 is 0 Å². The maximum Gasteiger partial charge on any atom is 0.322 e. The number of rotatable bonds is 3. The van der Waals surface area contributed by atoms with E-state index in [1.54, 1.807) is 17.1 Å². The fourth-order valence-electron chi connectivity index (χ4n) is 2.82. The zero-order chi connectivity index (χ0) is 18.0. The van der Waals surface area contributed by atoms with E-state index in [-0.39, 0.29) is 6.03 Å². The van der Waals surface area contributed by atoms with Crippen molar-refractivity contribution in [1.82, 2.24) is 24.6 Å². The van der Waals surface area contributed by atoms with Crippen LogP contribution in [0.3, 0.4) is 0 Å². The summed E-state index contributed by atoms with van der Waals surface area (Å²) in [5.74, 6) is 2.11. The average Bonchev–Trinajstić information content (AvgIpc) is 2.99. The van der Waals surface area contributed by atoms with Gasteiger partial charge in [0.2, 0.25) is 0 Å². The number of anilines is 2. The first kappa shape index (κ1) is 17.2. The molecule has 1 saturated heterocycles. The molecule has 2 aromatic rings. The molecule has 0 aromatic carbocycles. The summed E-state index contributed by atoms with van der Waals surface area (Å²) < 4.78 is 1.66. The fourth-order valence-corrected chi connectivity index (χ4v) is 2.82. The van der Waals surface area contributed by atoms with E-state index >= 15 is 0 Å². The predicted molar refractivity (Wildman–Crippen MR) is 96.9 cm³/mol. The first-order valence-corrected chi connectivity index (χ1v) is 8.57. The molecule has 1 aliphatic rings. The van der Waals surface area contributed by atoms with Gasteiger partial charge in [-0.15, -0.1) is 0 Å². The van der Waals surface area contributed by atoms with Crippen LogP contribution in [0.25, 0.3) is 0 Å². The summed E-state index contributed by atoms with van der Waals surface area (Å²) >= 11 is 0. The van der Waals surface area contributed by atoms with Gasteiger partial charge in [0.05, 0.1) is 11.9 Å². The minimum absolute atomic E-state index is 0.0885. The number of nitrogens with zero attached hydrogens (tertiary/aromatic N) is 6. The second kappa shape index (κ2) is 7.08. The number of carbonyl (C=O) groups is 1. The number of hydrogen-bond donors (Lipinski definition) is 1. The molecule has 3 rings (SSSR count). The molecule has 8 nitrogen and oxygen atoms in total. The van der Waals surface area contributed by atoms with Gasteiger partial charge in [0.1, 0.15) is 11.6 Å². The lowest BCUT2D eigenvalue weighted by Crippen LogP contribution is -2.50. The smallest absolute Gasteiger partial charge is 0.322 e. The fraction of sp³-hybridized carbons (Fsp3) is 0.529. The van der Waals surface area contributed by atoms with Gasteiger partial charge in [0.25, 0.3) is 0 Å². The van der Waals surface area contributed by atoms with Crippen molar-refractivity contribution < 1.29 is 4.79 Å². The lowest BCUT2D eigenvalue weighted by atomic mass is 10.2. The normalized spacial score (nSPS) is 14.9. The van der Waals surface area contributed by atoms with Gasteiger partial charge in [0.15, 0.2) is 0 Å². The first-order valence-electron chi connectivity index (χ1n) is 8.57. The topological polar surface area (TPSA) is 79.2 Å². The molecule has 0 unspecified atom stereocenters. The highest BCUT2D eigenvalue weighted by molar-refractivity contribution is 5.89. The Morgan fingerprint density at radius 3 is 2.52 bits per heavy atom. The maximum atomic E-state index is 12.4. The Morgan fingerprint density at radius 2 is 1.92 bits per heavy atom. The Balaban J connectivity index is 1.61. The van der Waals surface area contributed by atoms with Crippen LogP contribution in [0, 0.1) is 6.92 Å². The molecule has 0 spiro atoms. The number of piperazine rings is 1. The van der Waals surface area contributed by atoms with E-state index in [0.29, 0.717) is 24.7 Å². The van der Waals surface area contributed by atoms with Crippen molar-refractivity contribution in [3.05, 3.63) is 30.0 Å². The molecule has 1 N–H and O–H groups in total. The summed E-state index contributed by atoms with van der Waals surface area (Å²) in [5.41, 5.74) is 1.69. The minimum Gasteiger partial charge on any atom is -0.353 e. The number of hydrogen-bond acceptors (Lipinski definition) is 5. The number of aryl methyl sites for hydroxylation is 2. The molecule has 0 bridgehead atoms. The third-order valence-corrected chi connectivity index (χ3v) is 4.22. The van der Waals surface area contributed by atoms with Crippen LogP contribution >= 0.6 is 0 Å². The second-order valence-corrected chi connectivity index (χ2v) is 6.69. The Kier molecular flexibility index (Phi) is 4.87. The third-order valence-electron chi connectivity index (χ3n) is 4.22. The molecule has 0 saturated carbocycles. The Labute approximate surface area is 147 Å². The van der Waals surface area contributed by atoms with E-state index in [1.807, 2.05) is 24.9 Å². The van der Waals surface area contributed by atoms with Crippen molar-refractivity contribution in [2.45, 2.75) is 26.7 Å². The van der Waals surface area contributed by atoms with Gasteiger partial charge in [-0.05, 0) is 6.92 Å². The van der Waals surface area contributed by atoms with Crippen LogP contribution < -0.4 is 10.2 Å². The molecule has 1 fully saturated rings. The monoisotopic (exact) mass is 343 g/mol. The van der Waals surface area contributed by atoms with E-state index in [0.717, 1.165) is 30.4 Å². The van der Waals surface area contributed by atoms with Crippen molar-refractivity contribution in [3.8, 4) is 0 Å². The van der Waals surface area contributed by atoms with Crippen LogP contribution in [-0.4, -0.2) is 56.9 Å². The van der Waals surface area contributed by atoms with Crippen LogP contribution in [0.5, 0.6) is 0 Å². The number of aromatic nitrogens is 4. The van der Waals surface area contributed by atoms with Crippen LogP contribution in [0.2, 0.25) is 0 Å². The largest absolute Gasteiger partial charge is 0.353 e. The summed E-state index contributed by atoms with van der Waals surface area (Å²) in [6, 6.07) is 1.92. The number of urea groups is 1. The summed E-state index contributed by atoms with van der Waals surface area (Å²) in [7, 11) is 1.82. The van der Waals surface area contributed by atoms with Gasteiger partial charge in [-0.3, -0.25) is 4.68 Å². The zero-order valence-corrected chi connectivity index (χ0v) is 15.2. The van der Waals surface area contributed by atoms with Crippen LogP contribution in [0.15, 0.2) is 18.5 Å². The molecule has 1 aliphatic heterocycles. The Bertz CT molecular complexity index is 747. The Hall–Kier alpha value is -2.64. The zero-order valence-electron chi connectivity index (χ0n) is 15.2. The standard InChI is InChI=1S/C17H25N7O/c1-12(2)16-19-13(3)9-15(21-16)23-5-7-24(8-6-23)17(25)20-14-10-18-22(4)11-14/h9-12H,5-8H2,1-4H3,(H,20,25). The van der Waals surface area contributed by atoms with E-state index in [9.17, 15) is 4.79 Å². The van der Waals surface area contributed by atoms with Gasteiger partial charge in [-0.2, -0.15) is 5.10 Å². The minimum atomic E-state index is -0.0885. The predicted octanol–water partition coefficient (Wildman–Crippen LogP) is 2.00. The lowest BCUT2D eigenvalue weighted by molar-refractivity contribution is 0.208. The number of amides is 2. The van der Waals surface area contributed by atoms with E-state index in [2.05, 4.69) is 39.1 Å². The summed E-state index contributed by atoms with van der Waals surface area (Å²) in [6.07, 6.45) is 3.43. The first-order chi connectivity index (χ1) is 11.9. The van der Waals surface area contributed by atoms with Crippen molar-refractivity contribution in [2.75, 3.05) is 36.4 Å². The lowest BCUT2D eigenvalue weighted by Gasteiger charge is -2.35. The highest BCUT2D eigenvalue weighted by Crippen LogP contribution is 2.19. The SMILES string of the molecule is Cc1cc(N2CCN(C(=O)Nc3cnn(C)c3)CC2)nc(C(C)C)n1. The molecule has 25 heavy (non-hydrogen) atoms. The second-order valence-electron chi connectivity index (χ2n) is 6.69. The van der Waals surface area contributed by atoms with Crippen LogP contribution in [-0.2, 0) is 7.05 Å². The average molecular weight is 343 g/mol. The van der Waals surface area contributed by atoms with Gasteiger partial charge in [-0.25, -0.2) is 14.8 Å². The van der Waals surface area contributed by atoms with Gasteiger partial charge < -0.3 is 15.1 Å². The Morgan fingerprint density at radius 1 is 1.20 bits per heavy atom. The third kappa shape index (κ3) is 4.07. The van der Waals surface area contributed by atoms with Crippen molar-refractivity contribution in [2.24, 2.45) is 7.05 Å². The molecular weight excluding hydrogens is 318 g/mol. The van der Waals surface area contributed by atoms with Crippen LogP contribution in [0.4, 0.5) is 16.3 Å². The molecule has 8 heteroatoms. The van der Waals surface area contributed by atoms with Gasteiger partial charge >= 0.3 is 6.03 Å². The van der Waals surface area contributed by atoms with Crippen molar-refractivity contribution >= 4 is 17.5 Å². The molecule has 0 radical (unpaired) electrons. The molecule has 2 aromatic heterocycles. The van der Waals surface area contributed by atoms with Crippen molar-refractivity contribution in [3.63, 3.8) is 0 Å². The maximum absolute atomic E-state index is 12.4. The quantitative estimate of drug-likeness (QED) is 0.922. The van der Waals surface area contributed by atoms with Gasteiger partial charge in [-0.1, -0.05) is 13.8 Å². The van der Waals surface area contributed by atoms with Crippen LogP contribution in [0.1, 0.15) is 31.3 Å². The molecule has 3 heterocycles. The number of nitrogens with one attached hydrogen (secondary N) is 1. The number of carbonyl (C=O) groups excluding carboxylic acids is 1.